The molecule has 1 heterocycles. The monoisotopic (exact) mass is 362 g/mol. The fourth-order valence-electron chi connectivity index (χ4n) is 3.96. The molecule has 3 rings (SSSR count). The Kier molecular flexibility index (Phi) is 4.35. The molecule has 1 aliphatic carbocycles. The normalized spacial score (nSPS) is 22.7. The zero-order chi connectivity index (χ0) is 18.5. The first kappa shape index (κ1) is 17.9. The molecule has 1 atom stereocenters. The standard InChI is InChI=1S/C19H22O5S/c1-10-7-8-25(23,24)19-11(2)9-13(12(3)16(10)19)18(22)17-14(20)5-4-6-15(17)21/h9-10,22H,4-8H2,1-3H3. The molecule has 0 spiro atoms. The largest absolute Gasteiger partial charge is 0.506 e. The quantitative estimate of drug-likeness (QED) is 0.471. The van der Waals surface area contributed by atoms with Crippen molar-refractivity contribution in [2.45, 2.75) is 57.3 Å². The van der Waals surface area contributed by atoms with Gasteiger partial charge in [0.15, 0.2) is 21.4 Å². The first-order valence-corrected chi connectivity index (χ1v) is 10.2. The van der Waals surface area contributed by atoms with E-state index in [4.69, 9.17) is 0 Å². The fourth-order valence-corrected chi connectivity index (χ4v) is 6.07. The molecule has 1 unspecified atom stereocenters. The SMILES string of the molecule is Cc1cc(C(O)=C2C(=O)CCCC2=O)c(C)c2c1S(=O)(=O)CCC2C. The highest BCUT2D eigenvalue weighted by atomic mass is 32.2. The smallest absolute Gasteiger partial charge is 0.178 e. The Hall–Kier alpha value is -1.95. The Balaban J connectivity index is 2.30. The molecular weight excluding hydrogens is 340 g/mol. The van der Waals surface area contributed by atoms with E-state index in [2.05, 4.69) is 0 Å². The highest BCUT2D eigenvalue weighted by Crippen LogP contribution is 2.41. The lowest BCUT2D eigenvalue weighted by Crippen LogP contribution is -2.23. The molecule has 1 saturated carbocycles. The molecule has 2 aliphatic rings. The number of allylic oxidation sites excluding steroid dienone is 1. The zero-order valence-corrected chi connectivity index (χ0v) is 15.5. The van der Waals surface area contributed by atoms with Crippen LogP contribution in [-0.2, 0) is 19.4 Å². The van der Waals surface area contributed by atoms with E-state index in [0.29, 0.717) is 40.0 Å². The first-order valence-electron chi connectivity index (χ1n) is 8.52. The van der Waals surface area contributed by atoms with Gasteiger partial charge in [0.2, 0.25) is 0 Å². The van der Waals surface area contributed by atoms with Crippen LogP contribution in [0, 0.1) is 13.8 Å². The summed E-state index contributed by atoms with van der Waals surface area (Å²) < 4.78 is 25.0. The van der Waals surface area contributed by atoms with Crippen molar-refractivity contribution in [2.75, 3.05) is 5.75 Å². The number of hydrogen-bond acceptors (Lipinski definition) is 5. The topological polar surface area (TPSA) is 88.5 Å². The molecule has 0 amide bonds. The maximum atomic E-state index is 12.5. The lowest BCUT2D eigenvalue weighted by Gasteiger charge is -2.28. The Labute approximate surface area is 147 Å². The van der Waals surface area contributed by atoms with Gasteiger partial charge in [0, 0.05) is 18.4 Å². The van der Waals surface area contributed by atoms with E-state index in [1.54, 1.807) is 19.9 Å². The van der Waals surface area contributed by atoms with Crippen LogP contribution in [0.25, 0.3) is 5.76 Å². The summed E-state index contributed by atoms with van der Waals surface area (Å²) in [6, 6.07) is 1.58. The molecule has 6 heteroatoms. The summed E-state index contributed by atoms with van der Waals surface area (Å²) in [5.74, 6) is -0.848. The van der Waals surface area contributed by atoms with Crippen LogP contribution in [0.4, 0.5) is 0 Å². The Morgan fingerprint density at radius 3 is 2.36 bits per heavy atom. The molecule has 134 valence electrons. The van der Waals surface area contributed by atoms with Gasteiger partial charge in [-0.1, -0.05) is 6.92 Å². The number of hydrogen-bond donors (Lipinski definition) is 1. The minimum Gasteiger partial charge on any atom is -0.506 e. The molecule has 25 heavy (non-hydrogen) atoms. The van der Waals surface area contributed by atoms with E-state index in [-0.39, 0.29) is 47.4 Å². The number of carbonyl (C=O) groups excluding carboxylic acids is 2. The van der Waals surface area contributed by atoms with Crippen LogP contribution in [-0.4, -0.2) is 30.8 Å². The molecule has 1 aromatic carbocycles. The third kappa shape index (κ3) is 2.82. The van der Waals surface area contributed by atoms with Crippen LogP contribution in [0.2, 0.25) is 0 Å². The number of sulfone groups is 1. The summed E-state index contributed by atoms with van der Waals surface area (Å²) in [6.45, 7) is 5.41. The number of aliphatic hydroxyl groups is 1. The second kappa shape index (κ2) is 6.09. The second-order valence-corrected chi connectivity index (χ2v) is 9.09. The maximum Gasteiger partial charge on any atom is 0.178 e. The van der Waals surface area contributed by atoms with Crippen LogP contribution < -0.4 is 0 Å². The highest BCUT2D eigenvalue weighted by molar-refractivity contribution is 7.91. The number of benzene rings is 1. The van der Waals surface area contributed by atoms with E-state index in [1.807, 2.05) is 6.92 Å². The van der Waals surface area contributed by atoms with Crippen LogP contribution in [0.1, 0.15) is 60.8 Å². The fraction of sp³-hybridized carbons (Fsp3) is 0.474. The van der Waals surface area contributed by atoms with Gasteiger partial charge in [0.05, 0.1) is 10.6 Å². The first-order chi connectivity index (χ1) is 11.6. The van der Waals surface area contributed by atoms with Gasteiger partial charge in [0.25, 0.3) is 0 Å². The van der Waals surface area contributed by atoms with Crippen molar-refractivity contribution >= 4 is 27.2 Å². The molecule has 1 N–H and O–H groups in total. The lowest BCUT2D eigenvalue weighted by atomic mass is 9.85. The van der Waals surface area contributed by atoms with Crippen LogP contribution in [0.5, 0.6) is 0 Å². The van der Waals surface area contributed by atoms with E-state index in [9.17, 15) is 23.1 Å². The number of Topliss-reactive ketones (excluding diaryl/α,β-unsaturated/α-hetero) is 2. The van der Waals surface area contributed by atoms with Crippen LogP contribution in [0.15, 0.2) is 16.5 Å². The Bertz CT molecular complexity index is 904. The van der Waals surface area contributed by atoms with Crippen molar-refractivity contribution in [3.8, 4) is 0 Å². The van der Waals surface area contributed by atoms with Crippen molar-refractivity contribution in [2.24, 2.45) is 0 Å². The van der Waals surface area contributed by atoms with Crippen molar-refractivity contribution in [3.63, 3.8) is 0 Å². The van der Waals surface area contributed by atoms with E-state index in [0.717, 1.165) is 0 Å². The van der Waals surface area contributed by atoms with Gasteiger partial charge in [-0.25, -0.2) is 8.42 Å². The van der Waals surface area contributed by atoms with E-state index in [1.165, 1.54) is 0 Å². The molecular formula is C19H22O5S. The van der Waals surface area contributed by atoms with Gasteiger partial charge >= 0.3 is 0 Å². The number of carbonyl (C=O) groups is 2. The summed E-state index contributed by atoms with van der Waals surface area (Å²) in [5, 5.41) is 10.7. The number of rotatable bonds is 1. The zero-order valence-electron chi connectivity index (χ0n) is 14.7. The summed E-state index contributed by atoms with van der Waals surface area (Å²) in [6.07, 6.45) is 1.53. The molecule has 1 aromatic rings. The van der Waals surface area contributed by atoms with Gasteiger partial charge in [-0.3, -0.25) is 9.59 Å². The Morgan fingerprint density at radius 2 is 1.76 bits per heavy atom. The van der Waals surface area contributed by atoms with Gasteiger partial charge in [-0.05, 0) is 55.4 Å². The van der Waals surface area contributed by atoms with Crippen LogP contribution >= 0.6 is 0 Å². The number of aryl methyl sites for hydroxylation is 1. The second-order valence-electron chi connectivity index (χ2n) is 7.04. The predicted octanol–water partition coefficient (Wildman–Crippen LogP) is 3.18. The van der Waals surface area contributed by atoms with Gasteiger partial charge in [-0.15, -0.1) is 0 Å². The number of ketones is 2. The van der Waals surface area contributed by atoms with Gasteiger partial charge < -0.3 is 5.11 Å². The average Bonchev–Trinajstić information content (AvgIpc) is 2.52. The average molecular weight is 362 g/mol. The van der Waals surface area contributed by atoms with E-state index >= 15 is 0 Å². The van der Waals surface area contributed by atoms with Crippen molar-refractivity contribution in [1.29, 1.82) is 0 Å². The molecule has 0 bridgehead atoms. The molecule has 1 aliphatic heterocycles. The minimum absolute atomic E-state index is 0.0349. The molecule has 1 fully saturated rings. The maximum absolute atomic E-state index is 12.5. The number of fused-ring (bicyclic) bond motifs is 1. The predicted molar refractivity (Wildman–Crippen MR) is 94.4 cm³/mol. The molecule has 0 saturated heterocycles. The summed E-state index contributed by atoms with van der Waals surface area (Å²) >= 11 is 0. The minimum atomic E-state index is -3.35. The van der Waals surface area contributed by atoms with Gasteiger partial charge in [-0.2, -0.15) is 0 Å². The highest BCUT2D eigenvalue weighted by Gasteiger charge is 2.34. The van der Waals surface area contributed by atoms with Crippen LogP contribution in [0.3, 0.4) is 0 Å². The van der Waals surface area contributed by atoms with Crippen molar-refractivity contribution < 1.29 is 23.1 Å². The Morgan fingerprint density at radius 1 is 1.16 bits per heavy atom. The summed E-state index contributed by atoms with van der Waals surface area (Å²) in [4.78, 5) is 24.6. The van der Waals surface area contributed by atoms with Gasteiger partial charge in [0.1, 0.15) is 11.3 Å². The third-order valence-electron chi connectivity index (χ3n) is 5.25. The van der Waals surface area contributed by atoms with Crippen molar-refractivity contribution in [3.05, 3.63) is 33.9 Å². The van der Waals surface area contributed by atoms with E-state index < -0.39 is 9.84 Å². The molecule has 5 nitrogen and oxygen atoms in total. The molecule has 0 aromatic heterocycles. The summed E-state index contributed by atoms with van der Waals surface area (Å²) in [5.41, 5.74) is 2.13. The lowest BCUT2D eigenvalue weighted by molar-refractivity contribution is -0.123. The number of aliphatic hydroxyl groups excluding tert-OH is 1. The summed E-state index contributed by atoms with van der Waals surface area (Å²) in [7, 11) is -3.35. The molecule has 0 radical (unpaired) electrons. The third-order valence-corrected chi connectivity index (χ3v) is 7.19. The van der Waals surface area contributed by atoms with Crippen molar-refractivity contribution in [1.82, 2.24) is 0 Å².